The van der Waals surface area contributed by atoms with Gasteiger partial charge in [0.25, 0.3) is 0 Å². The van der Waals surface area contributed by atoms with E-state index in [-0.39, 0.29) is 41.3 Å². The van der Waals surface area contributed by atoms with E-state index in [1.54, 1.807) is 22.0 Å². The number of halogens is 1. The van der Waals surface area contributed by atoms with Gasteiger partial charge in [0.15, 0.2) is 5.78 Å². The summed E-state index contributed by atoms with van der Waals surface area (Å²) in [5.74, 6) is 0.469. The number of rotatable bonds is 8. The first-order valence-corrected chi connectivity index (χ1v) is 15.0. The number of pyridine rings is 1. The Morgan fingerprint density at radius 2 is 1.81 bits per heavy atom. The normalized spacial score (nSPS) is 20.9. The number of carbonyl (C=O) groups excluding carboxylic acids is 3. The molecule has 0 radical (unpaired) electrons. The zero-order chi connectivity index (χ0) is 30.6. The number of likely N-dealkylation sites (tertiary alicyclic amines) is 1. The summed E-state index contributed by atoms with van der Waals surface area (Å²) in [6.07, 6.45) is 4.89. The van der Waals surface area contributed by atoms with E-state index in [4.69, 9.17) is 0 Å². The van der Waals surface area contributed by atoms with E-state index in [0.29, 0.717) is 33.6 Å². The fraction of sp³-hybridized carbons (Fsp3) is 0.387. The molecule has 3 aromatic heterocycles. The molecular weight excluding hydrogens is 612 g/mol. The third-order valence-electron chi connectivity index (χ3n) is 8.43. The first-order valence-electron chi connectivity index (χ1n) is 14.2. The van der Waals surface area contributed by atoms with E-state index in [1.807, 2.05) is 58.3 Å². The number of amides is 2. The van der Waals surface area contributed by atoms with Crippen molar-refractivity contribution in [2.24, 2.45) is 5.41 Å². The molecule has 1 saturated heterocycles. The van der Waals surface area contributed by atoms with Gasteiger partial charge in [-0.25, -0.2) is 15.0 Å². The van der Waals surface area contributed by atoms with Gasteiger partial charge in [-0.05, 0) is 86.0 Å². The van der Waals surface area contributed by atoms with Gasteiger partial charge in [-0.2, -0.15) is 5.10 Å². The highest BCUT2D eigenvalue weighted by atomic mass is 79.9. The summed E-state index contributed by atoms with van der Waals surface area (Å²) in [7, 11) is 4.02. The van der Waals surface area contributed by atoms with E-state index < -0.39 is 6.04 Å². The molecule has 4 heterocycles. The van der Waals surface area contributed by atoms with Gasteiger partial charge in [-0.3, -0.25) is 19.1 Å². The molecule has 0 spiro atoms. The van der Waals surface area contributed by atoms with Crippen LogP contribution in [0.3, 0.4) is 0 Å². The summed E-state index contributed by atoms with van der Waals surface area (Å²) >= 11 is 3.37. The zero-order valence-corrected chi connectivity index (χ0v) is 26.3. The number of aromatic nitrogens is 5. The molecule has 12 heteroatoms. The highest BCUT2D eigenvalue weighted by molar-refractivity contribution is 9.10. The van der Waals surface area contributed by atoms with Crippen LogP contribution in [-0.4, -0.2) is 84.9 Å². The summed E-state index contributed by atoms with van der Waals surface area (Å²) in [5, 5.41) is 8.19. The minimum Gasteiger partial charge on any atom is -0.325 e. The molecule has 11 nitrogen and oxygen atoms in total. The summed E-state index contributed by atoms with van der Waals surface area (Å²) in [4.78, 5) is 57.2. The van der Waals surface area contributed by atoms with Crippen LogP contribution in [0.25, 0.3) is 22.0 Å². The third-order valence-corrected chi connectivity index (χ3v) is 8.87. The molecule has 0 unspecified atom stereocenters. The van der Waals surface area contributed by atoms with Crippen molar-refractivity contribution in [2.45, 2.75) is 52.2 Å². The predicted octanol–water partition coefficient (Wildman–Crippen LogP) is 4.03. The maximum atomic E-state index is 14.1. The van der Waals surface area contributed by atoms with Crippen molar-refractivity contribution in [1.29, 1.82) is 0 Å². The van der Waals surface area contributed by atoms with Crippen LogP contribution in [0.2, 0.25) is 0 Å². The van der Waals surface area contributed by atoms with Crippen LogP contribution in [0, 0.1) is 19.3 Å². The molecule has 0 bridgehead atoms. The Labute approximate surface area is 257 Å². The average molecular weight is 646 g/mol. The van der Waals surface area contributed by atoms with Crippen molar-refractivity contribution in [3.8, 4) is 11.1 Å². The van der Waals surface area contributed by atoms with Crippen LogP contribution in [0.15, 0.2) is 47.3 Å². The number of Topliss-reactive ketones (excluding diaryl/α,β-unsaturated/α-hetero) is 1. The maximum Gasteiger partial charge on any atom is 0.248 e. The van der Waals surface area contributed by atoms with Crippen LogP contribution < -0.4 is 5.32 Å². The molecule has 2 aliphatic rings. The van der Waals surface area contributed by atoms with Crippen LogP contribution in [0.1, 0.15) is 41.6 Å². The lowest BCUT2D eigenvalue weighted by molar-refractivity contribution is -0.138. The fourth-order valence-electron chi connectivity index (χ4n) is 6.39. The van der Waals surface area contributed by atoms with Gasteiger partial charge in [-0.15, -0.1) is 0 Å². The van der Waals surface area contributed by atoms with Gasteiger partial charge in [0.05, 0.1) is 5.52 Å². The maximum absolute atomic E-state index is 14.1. The average Bonchev–Trinajstić information content (AvgIpc) is 3.35. The Hall–Kier alpha value is -4.03. The van der Waals surface area contributed by atoms with Crippen molar-refractivity contribution in [2.75, 3.05) is 26.0 Å². The number of anilines is 1. The summed E-state index contributed by atoms with van der Waals surface area (Å²) in [6.45, 7) is 5.85. The largest absolute Gasteiger partial charge is 0.325 e. The van der Waals surface area contributed by atoms with Gasteiger partial charge < -0.3 is 15.1 Å². The predicted molar refractivity (Wildman–Crippen MR) is 165 cm³/mol. The van der Waals surface area contributed by atoms with E-state index in [2.05, 4.69) is 46.2 Å². The smallest absolute Gasteiger partial charge is 0.248 e. The minimum atomic E-state index is -0.645. The van der Waals surface area contributed by atoms with E-state index in [9.17, 15) is 14.4 Å². The van der Waals surface area contributed by atoms with Gasteiger partial charge in [-0.1, -0.05) is 12.1 Å². The molecular formula is C31H33BrN8O3. The van der Waals surface area contributed by atoms with Gasteiger partial charge in [0.2, 0.25) is 11.8 Å². The quantitative estimate of drug-likeness (QED) is 0.225. The van der Waals surface area contributed by atoms with Crippen molar-refractivity contribution < 1.29 is 14.4 Å². The number of hydrogen-bond donors (Lipinski definition) is 1. The summed E-state index contributed by atoms with van der Waals surface area (Å²) in [5.41, 5.74) is 3.32. The number of aryl methyl sites for hydroxylation is 2. The fourth-order valence-corrected chi connectivity index (χ4v) is 6.70. The standard InChI is InChI=1S/C31H33BrN8O3/c1-17-6-9-26(32)35-29(17)36-30(43)24-11-31(16-38(4)5)12-25(31)40(24)27(42)15-39-23-8-7-20(21-13-33-19(3)34-14-21)10-22(23)28(37-39)18(2)41/h6-10,13-14,24-25H,11-12,15-16H2,1-5H3,(H,35,36,43)/t24-,25-,31+/m0/s1. The molecule has 1 aliphatic carbocycles. The molecule has 1 aromatic carbocycles. The number of fused-ring (bicyclic) bond motifs is 2. The SMILES string of the molecule is CC(=O)c1nn(CC(=O)N2[C@H]3C[C@@]3(CN(C)C)C[C@H]2C(=O)Nc2nc(Br)ccc2C)c2ccc(-c3cnc(C)nc3)cc12. The van der Waals surface area contributed by atoms with Gasteiger partial charge >= 0.3 is 0 Å². The number of ketones is 1. The molecule has 4 aromatic rings. The molecule has 6 rings (SSSR count). The monoisotopic (exact) mass is 644 g/mol. The topological polar surface area (TPSA) is 126 Å². The Morgan fingerprint density at radius 3 is 2.51 bits per heavy atom. The van der Waals surface area contributed by atoms with Crippen LogP contribution in [0.4, 0.5) is 5.82 Å². The van der Waals surface area contributed by atoms with E-state index >= 15 is 0 Å². The zero-order valence-electron chi connectivity index (χ0n) is 24.8. The lowest BCUT2D eigenvalue weighted by Gasteiger charge is -2.27. The third kappa shape index (κ3) is 5.45. The molecule has 3 atom stereocenters. The second-order valence-electron chi connectivity index (χ2n) is 11.9. The first kappa shape index (κ1) is 29.1. The van der Waals surface area contributed by atoms with Crippen LogP contribution >= 0.6 is 15.9 Å². The molecule has 222 valence electrons. The molecule has 1 aliphatic heterocycles. The molecule has 1 N–H and O–H groups in total. The Balaban J connectivity index is 1.31. The number of nitrogens with one attached hydrogen (secondary N) is 1. The Bertz CT molecular complexity index is 1770. The van der Waals surface area contributed by atoms with E-state index in [1.165, 1.54) is 6.92 Å². The summed E-state index contributed by atoms with van der Waals surface area (Å²) < 4.78 is 2.19. The minimum absolute atomic E-state index is 0.0445. The highest BCUT2D eigenvalue weighted by Gasteiger charge is 2.67. The number of hydrogen-bond acceptors (Lipinski definition) is 8. The first-order chi connectivity index (χ1) is 20.5. The lowest BCUT2D eigenvalue weighted by Crippen LogP contribution is -2.47. The van der Waals surface area contributed by atoms with Gasteiger partial charge in [0.1, 0.15) is 34.5 Å². The molecule has 2 amide bonds. The second-order valence-corrected chi connectivity index (χ2v) is 12.8. The second kappa shape index (κ2) is 10.9. The molecule has 1 saturated carbocycles. The van der Waals surface area contributed by atoms with Crippen molar-refractivity contribution in [1.82, 2.24) is 34.5 Å². The Kier molecular flexibility index (Phi) is 7.37. The highest BCUT2D eigenvalue weighted by Crippen LogP contribution is 2.60. The number of nitrogens with zero attached hydrogens (tertiary/aromatic N) is 7. The molecule has 2 fully saturated rings. The number of benzene rings is 1. The number of piperidine rings is 1. The molecule has 43 heavy (non-hydrogen) atoms. The van der Waals surface area contributed by atoms with E-state index in [0.717, 1.165) is 29.7 Å². The lowest BCUT2D eigenvalue weighted by atomic mass is 9.98. The van der Waals surface area contributed by atoms with Crippen LogP contribution in [-0.2, 0) is 16.1 Å². The number of carbonyl (C=O) groups is 3. The Morgan fingerprint density at radius 1 is 1.07 bits per heavy atom. The van der Waals surface area contributed by atoms with Crippen molar-refractivity contribution in [3.05, 3.63) is 64.4 Å². The van der Waals surface area contributed by atoms with Crippen molar-refractivity contribution in [3.63, 3.8) is 0 Å². The summed E-state index contributed by atoms with van der Waals surface area (Å²) in [6, 6.07) is 8.66. The van der Waals surface area contributed by atoms with Crippen molar-refractivity contribution >= 4 is 50.2 Å². The van der Waals surface area contributed by atoms with Crippen LogP contribution in [0.5, 0.6) is 0 Å². The van der Waals surface area contributed by atoms with Gasteiger partial charge in [0, 0.05) is 48.3 Å².